The minimum Gasteiger partial charge on any atom is -0.451 e. The summed E-state index contributed by atoms with van der Waals surface area (Å²) in [5.41, 5.74) is -0.309. The first-order valence-electron chi connectivity index (χ1n) is 7.33. The van der Waals surface area contributed by atoms with Crippen molar-refractivity contribution in [3.8, 4) is 11.3 Å². The Morgan fingerprint density at radius 3 is 2.65 bits per heavy atom. The molecule has 3 rings (SSSR count). The molecule has 132 valence electrons. The van der Waals surface area contributed by atoms with E-state index >= 15 is 0 Å². The lowest BCUT2D eigenvalue weighted by Gasteiger charge is -2.04. The lowest BCUT2D eigenvalue weighted by Crippen LogP contribution is -2.27. The first-order valence-corrected chi connectivity index (χ1v) is 8.21. The molecule has 1 aromatic carbocycles. The Labute approximate surface area is 149 Å². The van der Waals surface area contributed by atoms with Crippen LogP contribution in [0.3, 0.4) is 0 Å². The fourth-order valence-electron chi connectivity index (χ4n) is 2.02. The smallest absolute Gasteiger partial charge is 0.355 e. The minimum atomic E-state index is -0.993. The van der Waals surface area contributed by atoms with Crippen molar-refractivity contribution in [1.82, 2.24) is 15.0 Å². The van der Waals surface area contributed by atoms with E-state index in [1.165, 1.54) is 11.3 Å². The van der Waals surface area contributed by atoms with Gasteiger partial charge in [-0.1, -0.05) is 30.3 Å². The molecule has 1 amide bonds. The van der Waals surface area contributed by atoms with E-state index in [2.05, 4.69) is 15.3 Å². The Morgan fingerprint density at radius 2 is 1.92 bits per heavy atom. The maximum atomic E-state index is 11.9. The highest BCUT2D eigenvalue weighted by Gasteiger charge is 2.13. The molecule has 10 heteroatoms. The van der Waals surface area contributed by atoms with Crippen molar-refractivity contribution < 1.29 is 14.3 Å². The molecule has 26 heavy (non-hydrogen) atoms. The molecule has 3 N–H and O–H groups in total. The first-order chi connectivity index (χ1) is 12.5. The molecule has 0 fully saturated rings. The van der Waals surface area contributed by atoms with Crippen molar-refractivity contribution in [2.45, 2.75) is 0 Å². The highest BCUT2D eigenvalue weighted by molar-refractivity contribution is 7.14. The fourth-order valence-corrected chi connectivity index (χ4v) is 2.75. The van der Waals surface area contributed by atoms with Crippen LogP contribution in [0.15, 0.2) is 51.4 Å². The van der Waals surface area contributed by atoms with Gasteiger partial charge in [-0.05, 0) is 0 Å². The molecule has 9 nitrogen and oxygen atoms in total. The molecule has 0 aliphatic carbocycles. The number of ether oxygens (including phenoxy) is 1. The number of thiazole rings is 1. The molecule has 0 spiro atoms. The summed E-state index contributed by atoms with van der Waals surface area (Å²) in [5.74, 6) is -1.59. The molecule has 0 unspecified atom stereocenters. The van der Waals surface area contributed by atoms with Crippen molar-refractivity contribution in [2.75, 3.05) is 11.9 Å². The molecule has 0 radical (unpaired) electrons. The number of esters is 1. The molecule has 2 aromatic heterocycles. The summed E-state index contributed by atoms with van der Waals surface area (Å²) in [6, 6.07) is 10.3. The number of amides is 1. The van der Waals surface area contributed by atoms with Gasteiger partial charge in [0.2, 0.25) is 0 Å². The zero-order valence-electron chi connectivity index (χ0n) is 13.1. The molecule has 3 aromatic rings. The third-order valence-electron chi connectivity index (χ3n) is 3.13. The van der Waals surface area contributed by atoms with E-state index < -0.39 is 29.7 Å². The number of hydrogen-bond donors (Lipinski definition) is 3. The Balaban J connectivity index is 1.58. The number of aromatic amines is 2. The van der Waals surface area contributed by atoms with Gasteiger partial charge in [0.25, 0.3) is 11.5 Å². The third-order valence-corrected chi connectivity index (χ3v) is 3.89. The summed E-state index contributed by atoms with van der Waals surface area (Å²) < 4.78 is 4.77. The molecule has 0 saturated heterocycles. The lowest BCUT2D eigenvalue weighted by molar-refractivity contribution is -0.119. The summed E-state index contributed by atoms with van der Waals surface area (Å²) in [5, 5.41) is 4.66. The van der Waals surface area contributed by atoms with E-state index in [-0.39, 0.29) is 5.69 Å². The van der Waals surface area contributed by atoms with Gasteiger partial charge in [-0.3, -0.25) is 19.9 Å². The molecule has 2 heterocycles. The minimum absolute atomic E-state index is 0.341. The van der Waals surface area contributed by atoms with Crippen LogP contribution in [0, 0.1) is 0 Å². The van der Waals surface area contributed by atoms with E-state index in [1.54, 1.807) is 5.38 Å². The monoisotopic (exact) mass is 372 g/mol. The topological polar surface area (TPSA) is 134 Å². The Kier molecular flexibility index (Phi) is 5.04. The number of rotatable bonds is 5. The lowest BCUT2D eigenvalue weighted by atomic mass is 10.2. The van der Waals surface area contributed by atoms with Crippen LogP contribution in [0.4, 0.5) is 5.13 Å². The van der Waals surface area contributed by atoms with Gasteiger partial charge in [0.05, 0.1) is 5.69 Å². The van der Waals surface area contributed by atoms with Crippen LogP contribution in [-0.4, -0.2) is 33.4 Å². The van der Waals surface area contributed by atoms with E-state index in [9.17, 15) is 19.2 Å². The van der Waals surface area contributed by atoms with Crippen molar-refractivity contribution in [3.05, 3.63) is 68.3 Å². The van der Waals surface area contributed by atoms with Crippen LogP contribution in [-0.2, 0) is 9.53 Å². The second-order valence-corrected chi connectivity index (χ2v) is 5.89. The van der Waals surface area contributed by atoms with Gasteiger partial charge in [0.1, 0.15) is 5.69 Å². The summed E-state index contributed by atoms with van der Waals surface area (Å²) in [7, 11) is 0. The Morgan fingerprint density at radius 1 is 1.15 bits per heavy atom. The first kappa shape index (κ1) is 17.3. The van der Waals surface area contributed by atoms with Gasteiger partial charge in [-0.2, -0.15) is 0 Å². The van der Waals surface area contributed by atoms with Crippen LogP contribution in [0.1, 0.15) is 10.5 Å². The SMILES string of the molecule is O=C(COC(=O)c1cc(=O)[nH]c(=O)[nH]1)Nc1nc(-c2ccccc2)cs1. The van der Waals surface area contributed by atoms with Gasteiger partial charge in [-0.25, -0.2) is 14.6 Å². The van der Waals surface area contributed by atoms with Crippen molar-refractivity contribution in [2.24, 2.45) is 0 Å². The van der Waals surface area contributed by atoms with Gasteiger partial charge in [0.15, 0.2) is 11.7 Å². The summed E-state index contributed by atoms with van der Waals surface area (Å²) in [6.45, 7) is -0.589. The zero-order valence-corrected chi connectivity index (χ0v) is 14.0. The average molecular weight is 372 g/mol. The van der Waals surface area contributed by atoms with Crippen LogP contribution < -0.4 is 16.6 Å². The molecule has 0 aliphatic heterocycles. The number of hydrogen-bond acceptors (Lipinski definition) is 7. The molecular formula is C16H12N4O5S. The number of anilines is 1. The van der Waals surface area contributed by atoms with E-state index in [0.717, 1.165) is 11.6 Å². The highest BCUT2D eigenvalue weighted by atomic mass is 32.1. The van der Waals surface area contributed by atoms with Crippen molar-refractivity contribution in [3.63, 3.8) is 0 Å². The van der Waals surface area contributed by atoms with Gasteiger partial charge >= 0.3 is 11.7 Å². The normalized spacial score (nSPS) is 10.3. The number of carbonyl (C=O) groups is 2. The molecule has 0 saturated carbocycles. The van der Waals surface area contributed by atoms with Crippen LogP contribution >= 0.6 is 11.3 Å². The molecule has 0 atom stereocenters. The predicted octanol–water partition coefficient (Wildman–Crippen LogP) is 0.982. The molecule has 0 bridgehead atoms. The summed E-state index contributed by atoms with van der Waals surface area (Å²) in [4.78, 5) is 54.2. The van der Waals surface area contributed by atoms with Crippen molar-refractivity contribution in [1.29, 1.82) is 0 Å². The predicted molar refractivity (Wildman–Crippen MR) is 94.1 cm³/mol. The van der Waals surface area contributed by atoms with Gasteiger partial charge in [-0.15, -0.1) is 11.3 Å². The van der Waals surface area contributed by atoms with Crippen LogP contribution in [0.25, 0.3) is 11.3 Å². The standard InChI is InChI=1S/C16H12N4O5S/c21-12-6-10(17-15(24)19-12)14(23)25-7-13(22)20-16-18-11(8-26-16)9-4-2-1-3-5-9/h1-6,8H,7H2,(H,18,20,22)(H2,17,19,21,24). The van der Waals surface area contributed by atoms with Crippen LogP contribution in [0.2, 0.25) is 0 Å². The highest BCUT2D eigenvalue weighted by Crippen LogP contribution is 2.24. The fraction of sp³-hybridized carbons (Fsp3) is 0.0625. The number of nitrogens with zero attached hydrogens (tertiary/aromatic N) is 1. The third kappa shape index (κ3) is 4.30. The van der Waals surface area contributed by atoms with Gasteiger partial charge < -0.3 is 9.72 Å². The number of carbonyl (C=O) groups excluding carboxylic acids is 2. The number of benzene rings is 1. The number of aromatic nitrogens is 3. The zero-order chi connectivity index (χ0) is 18.5. The molecular weight excluding hydrogens is 360 g/mol. The molecule has 0 aliphatic rings. The van der Waals surface area contributed by atoms with Crippen molar-refractivity contribution >= 4 is 28.3 Å². The van der Waals surface area contributed by atoms with E-state index in [0.29, 0.717) is 10.8 Å². The largest absolute Gasteiger partial charge is 0.451 e. The van der Waals surface area contributed by atoms with Gasteiger partial charge in [0, 0.05) is 17.0 Å². The second-order valence-electron chi connectivity index (χ2n) is 5.03. The summed E-state index contributed by atoms with van der Waals surface area (Å²) in [6.07, 6.45) is 0. The second kappa shape index (κ2) is 7.57. The van der Waals surface area contributed by atoms with E-state index in [1.807, 2.05) is 35.3 Å². The number of nitrogens with one attached hydrogen (secondary N) is 3. The summed E-state index contributed by atoms with van der Waals surface area (Å²) >= 11 is 1.23. The number of H-pyrrole nitrogens is 2. The Hall–Kier alpha value is -3.53. The Bertz CT molecular complexity index is 1030. The maximum Gasteiger partial charge on any atom is 0.355 e. The van der Waals surface area contributed by atoms with E-state index in [4.69, 9.17) is 4.74 Å². The van der Waals surface area contributed by atoms with Crippen LogP contribution in [0.5, 0.6) is 0 Å². The maximum absolute atomic E-state index is 11.9. The quantitative estimate of drug-likeness (QED) is 0.572. The average Bonchev–Trinajstić information content (AvgIpc) is 3.08.